The standard InChI is InChI=1S/C29H37NO9/c1-7-18-20(19(8-2)39-30-18)25(35)37-13-16-11-17-21-26(5,6)28(21,38-15(4)31)10-9-27(24(17)34)12-14(3)22(32)29(27,36)23(16)33/h11-12,17,21-23,32-33,36H,7-10,13H2,1-6H3/t17-,21?,22-,23+,27+,28-,29+/m0/s1. The zero-order chi connectivity index (χ0) is 28.7. The van der Waals surface area contributed by atoms with E-state index in [0.717, 1.165) is 0 Å². The molecule has 3 N–H and O–H groups in total. The molecule has 1 spiro atoms. The van der Waals surface area contributed by atoms with Gasteiger partial charge < -0.3 is 29.3 Å². The first-order valence-electron chi connectivity index (χ1n) is 13.6. The van der Waals surface area contributed by atoms with Crippen LogP contribution in [0.2, 0.25) is 0 Å². The van der Waals surface area contributed by atoms with Gasteiger partial charge in [0.25, 0.3) is 0 Å². The van der Waals surface area contributed by atoms with E-state index in [1.54, 1.807) is 19.1 Å². The summed E-state index contributed by atoms with van der Waals surface area (Å²) in [5, 5.41) is 38.8. The molecule has 39 heavy (non-hydrogen) atoms. The lowest BCUT2D eigenvalue weighted by atomic mass is 9.63. The fourth-order valence-electron chi connectivity index (χ4n) is 7.84. The molecule has 5 rings (SSSR count). The number of hydrogen-bond acceptors (Lipinski definition) is 10. The number of rotatable bonds is 6. The number of aromatic nitrogens is 1. The number of aliphatic hydroxyl groups excluding tert-OH is 2. The zero-order valence-corrected chi connectivity index (χ0v) is 23.2. The van der Waals surface area contributed by atoms with Gasteiger partial charge in [-0.25, -0.2) is 4.79 Å². The second-order valence-corrected chi connectivity index (χ2v) is 12.0. The minimum Gasteiger partial charge on any atom is -0.458 e. The number of ether oxygens (including phenoxy) is 2. The predicted octanol–water partition coefficient (Wildman–Crippen LogP) is 2.23. The molecule has 0 amide bonds. The van der Waals surface area contributed by atoms with Crippen LogP contribution in [0.5, 0.6) is 0 Å². The summed E-state index contributed by atoms with van der Waals surface area (Å²) in [6.45, 7) is 10.0. The molecule has 1 heterocycles. The first kappa shape index (κ1) is 27.7. The molecule has 7 atom stereocenters. The van der Waals surface area contributed by atoms with Crippen molar-refractivity contribution < 1.29 is 43.7 Å². The number of carbonyl (C=O) groups excluding carboxylic acids is 3. The maximum absolute atomic E-state index is 14.3. The van der Waals surface area contributed by atoms with Crippen molar-refractivity contribution in [1.29, 1.82) is 0 Å². The Kier molecular flexibility index (Phi) is 6.29. The molecule has 2 fully saturated rings. The van der Waals surface area contributed by atoms with E-state index in [1.165, 1.54) is 6.92 Å². The van der Waals surface area contributed by atoms with Crippen molar-refractivity contribution in [3.05, 3.63) is 40.3 Å². The number of aryl methyl sites for hydroxylation is 2. The fourth-order valence-corrected chi connectivity index (χ4v) is 7.84. The summed E-state index contributed by atoms with van der Waals surface area (Å²) >= 11 is 0. The zero-order valence-electron chi connectivity index (χ0n) is 23.2. The first-order valence-corrected chi connectivity index (χ1v) is 13.6. The highest BCUT2D eigenvalue weighted by Crippen LogP contribution is 2.74. The van der Waals surface area contributed by atoms with E-state index in [2.05, 4.69) is 5.16 Å². The summed E-state index contributed by atoms with van der Waals surface area (Å²) in [6, 6.07) is 0. The lowest BCUT2D eigenvalue weighted by molar-refractivity contribution is -0.182. The van der Waals surface area contributed by atoms with Gasteiger partial charge in [-0.1, -0.05) is 45.0 Å². The van der Waals surface area contributed by atoms with Gasteiger partial charge in [0.2, 0.25) is 0 Å². The van der Waals surface area contributed by atoms with Crippen molar-refractivity contribution >= 4 is 17.7 Å². The Morgan fingerprint density at radius 1 is 1.15 bits per heavy atom. The van der Waals surface area contributed by atoms with Crippen LogP contribution in [0.1, 0.15) is 76.2 Å². The lowest BCUT2D eigenvalue weighted by Gasteiger charge is -2.45. The van der Waals surface area contributed by atoms with Gasteiger partial charge >= 0.3 is 11.9 Å². The molecule has 0 radical (unpaired) electrons. The molecule has 212 valence electrons. The molecule has 0 aromatic carbocycles. The number of fused-ring (bicyclic) bond motifs is 3. The molecule has 1 aromatic rings. The topological polar surface area (TPSA) is 156 Å². The van der Waals surface area contributed by atoms with Gasteiger partial charge in [0.15, 0.2) is 11.5 Å². The van der Waals surface area contributed by atoms with Crippen molar-refractivity contribution in [2.24, 2.45) is 22.7 Å². The summed E-state index contributed by atoms with van der Waals surface area (Å²) < 4.78 is 16.8. The van der Waals surface area contributed by atoms with Gasteiger partial charge in [-0.15, -0.1) is 0 Å². The Hall–Kier alpha value is -2.82. The summed E-state index contributed by atoms with van der Waals surface area (Å²) in [5.74, 6) is -2.43. The van der Waals surface area contributed by atoms with Crippen molar-refractivity contribution in [3.63, 3.8) is 0 Å². The number of allylic oxidation sites excluding steroid dienone is 1. The molecule has 2 bridgehead atoms. The van der Waals surface area contributed by atoms with Gasteiger partial charge in [-0.3, -0.25) is 9.59 Å². The second kappa shape index (κ2) is 8.84. The van der Waals surface area contributed by atoms with Crippen LogP contribution in [-0.2, 0) is 31.9 Å². The lowest BCUT2D eigenvalue weighted by Crippen LogP contribution is -2.63. The van der Waals surface area contributed by atoms with Crippen LogP contribution in [0, 0.1) is 22.7 Å². The Labute approximate surface area is 227 Å². The second-order valence-electron chi connectivity index (χ2n) is 12.0. The van der Waals surface area contributed by atoms with E-state index in [1.807, 2.05) is 27.7 Å². The van der Waals surface area contributed by atoms with Crippen molar-refractivity contribution in [1.82, 2.24) is 5.16 Å². The van der Waals surface area contributed by atoms with E-state index >= 15 is 0 Å². The minimum absolute atomic E-state index is 0.0683. The SMILES string of the molecule is CCc1noc(CC)c1C(=O)OCC1=C[C@@H]2C(=O)[C@]3(C=C(C)[C@H](O)[C@@]3(O)[C@@H]1O)CC[C@]1(OC(C)=O)C2C1(C)C. The maximum Gasteiger partial charge on any atom is 0.344 e. The Balaban J connectivity index is 1.58. The van der Waals surface area contributed by atoms with Crippen LogP contribution in [0.25, 0.3) is 0 Å². The van der Waals surface area contributed by atoms with E-state index < -0.39 is 64.6 Å². The predicted molar refractivity (Wildman–Crippen MR) is 136 cm³/mol. The van der Waals surface area contributed by atoms with Crippen LogP contribution in [0.4, 0.5) is 0 Å². The molecular weight excluding hydrogens is 506 g/mol. The van der Waals surface area contributed by atoms with Crippen LogP contribution < -0.4 is 0 Å². The van der Waals surface area contributed by atoms with Crippen molar-refractivity contribution in [2.75, 3.05) is 6.61 Å². The van der Waals surface area contributed by atoms with E-state index in [9.17, 15) is 29.7 Å². The Morgan fingerprint density at radius 3 is 2.46 bits per heavy atom. The minimum atomic E-state index is -2.29. The third-order valence-corrected chi connectivity index (χ3v) is 9.87. The number of ketones is 1. The third kappa shape index (κ3) is 3.44. The fraction of sp³-hybridized carbons (Fsp3) is 0.655. The molecule has 1 unspecified atom stereocenters. The number of nitrogens with zero attached hydrogens (tertiary/aromatic N) is 1. The average Bonchev–Trinajstić information content (AvgIpc) is 3.13. The number of aliphatic hydroxyl groups is 3. The molecule has 0 saturated heterocycles. The van der Waals surface area contributed by atoms with Crippen molar-refractivity contribution in [2.45, 2.75) is 90.6 Å². The quantitative estimate of drug-likeness (QED) is 0.359. The van der Waals surface area contributed by atoms with Gasteiger partial charge in [-0.05, 0) is 37.3 Å². The van der Waals surface area contributed by atoms with Gasteiger partial charge in [0.1, 0.15) is 35.6 Å². The number of carbonyl (C=O) groups is 3. The van der Waals surface area contributed by atoms with Gasteiger partial charge in [0.05, 0.1) is 11.1 Å². The molecule has 0 aliphatic heterocycles. The summed E-state index contributed by atoms with van der Waals surface area (Å²) in [4.78, 5) is 39.6. The number of esters is 2. The summed E-state index contributed by atoms with van der Waals surface area (Å²) in [6.07, 6.45) is 1.10. The molecular formula is C29H37NO9. The molecule has 10 nitrogen and oxygen atoms in total. The van der Waals surface area contributed by atoms with E-state index in [0.29, 0.717) is 29.9 Å². The molecule has 1 aromatic heterocycles. The Morgan fingerprint density at radius 2 is 1.85 bits per heavy atom. The highest BCUT2D eigenvalue weighted by atomic mass is 16.6. The first-order chi connectivity index (χ1) is 18.2. The number of Topliss-reactive ketones (excluding diaryl/α,β-unsaturated/α-hetero) is 1. The summed E-state index contributed by atoms with van der Waals surface area (Å²) in [5.41, 5.74) is -4.28. The van der Waals surface area contributed by atoms with Crippen LogP contribution in [0.3, 0.4) is 0 Å². The smallest absolute Gasteiger partial charge is 0.344 e. The maximum atomic E-state index is 14.3. The molecule has 4 aliphatic carbocycles. The Bertz CT molecular complexity index is 1290. The van der Waals surface area contributed by atoms with Gasteiger partial charge in [-0.2, -0.15) is 0 Å². The van der Waals surface area contributed by atoms with Crippen LogP contribution in [-0.4, -0.2) is 68.2 Å². The van der Waals surface area contributed by atoms with Gasteiger partial charge in [0, 0.05) is 30.6 Å². The third-order valence-electron chi connectivity index (χ3n) is 9.87. The normalized spacial score (nSPS) is 38.0. The largest absolute Gasteiger partial charge is 0.458 e. The van der Waals surface area contributed by atoms with E-state index in [4.69, 9.17) is 14.0 Å². The monoisotopic (exact) mass is 543 g/mol. The highest BCUT2D eigenvalue weighted by Gasteiger charge is 2.81. The van der Waals surface area contributed by atoms with Crippen LogP contribution >= 0.6 is 0 Å². The molecule has 2 saturated carbocycles. The highest BCUT2D eigenvalue weighted by molar-refractivity contribution is 5.95. The summed E-state index contributed by atoms with van der Waals surface area (Å²) in [7, 11) is 0. The van der Waals surface area contributed by atoms with E-state index in [-0.39, 0.29) is 29.8 Å². The van der Waals surface area contributed by atoms with Crippen molar-refractivity contribution in [3.8, 4) is 0 Å². The molecule has 4 aliphatic rings. The number of hydrogen-bond donors (Lipinski definition) is 3. The average molecular weight is 544 g/mol. The van der Waals surface area contributed by atoms with Crippen LogP contribution in [0.15, 0.2) is 27.8 Å². The molecule has 10 heteroatoms.